The molecule has 0 fully saturated rings. The van der Waals surface area contributed by atoms with Crippen LogP contribution in [0.25, 0.3) is 0 Å². The normalized spacial score (nSPS) is 11.8. The summed E-state index contributed by atoms with van der Waals surface area (Å²) in [5, 5.41) is 3.04. The summed E-state index contributed by atoms with van der Waals surface area (Å²) in [7, 11) is 0. The average Bonchev–Trinajstić information content (AvgIpc) is 2.55. The SMILES string of the molecule is CCc1cccc(CC)c1NC(=O)C(C)Oc1ccccc1. The molecule has 0 saturated carbocycles. The van der Waals surface area contributed by atoms with E-state index >= 15 is 0 Å². The first-order chi connectivity index (χ1) is 10.7. The van der Waals surface area contributed by atoms with E-state index in [9.17, 15) is 4.79 Å². The van der Waals surface area contributed by atoms with E-state index in [0.717, 1.165) is 29.7 Å². The number of carbonyl (C=O) groups excluding carboxylic acids is 1. The molecule has 1 N–H and O–H groups in total. The summed E-state index contributed by atoms with van der Waals surface area (Å²) in [5.41, 5.74) is 3.24. The Bertz CT molecular complexity index is 600. The average molecular weight is 297 g/mol. The number of hydrogen-bond donors (Lipinski definition) is 1. The molecule has 0 heterocycles. The molecule has 0 bridgehead atoms. The summed E-state index contributed by atoms with van der Waals surface area (Å²) in [6.07, 6.45) is 1.23. The first-order valence-electron chi connectivity index (χ1n) is 7.79. The molecule has 3 heteroatoms. The van der Waals surface area contributed by atoms with E-state index in [0.29, 0.717) is 5.75 Å². The van der Waals surface area contributed by atoms with Crippen LogP contribution in [0.2, 0.25) is 0 Å². The second-order valence-electron chi connectivity index (χ2n) is 5.22. The Balaban J connectivity index is 2.11. The van der Waals surface area contributed by atoms with Crippen molar-refractivity contribution in [3.05, 3.63) is 59.7 Å². The molecule has 0 aliphatic heterocycles. The molecule has 2 aromatic rings. The van der Waals surface area contributed by atoms with Crippen LogP contribution in [-0.2, 0) is 17.6 Å². The Morgan fingerprint density at radius 2 is 1.59 bits per heavy atom. The van der Waals surface area contributed by atoms with Gasteiger partial charge in [0.15, 0.2) is 6.10 Å². The van der Waals surface area contributed by atoms with E-state index in [1.54, 1.807) is 6.92 Å². The molecule has 1 unspecified atom stereocenters. The number of ether oxygens (including phenoxy) is 1. The van der Waals surface area contributed by atoms with E-state index in [-0.39, 0.29) is 5.91 Å². The standard InChI is InChI=1S/C19H23NO2/c1-4-15-10-9-11-16(5-2)18(15)20-19(21)14(3)22-17-12-7-6-8-13-17/h6-14H,4-5H2,1-3H3,(H,20,21). The fourth-order valence-corrected chi connectivity index (χ4v) is 2.38. The molecule has 0 aliphatic carbocycles. The monoisotopic (exact) mass is 297 g/mol. The first kappa shape index (κ1) is 16.1. The van der Waals surface area contributed by atoms with Gasteiger partial charge in [-0.25, -0.2) is 0 Å². The Hall–Kier alpha value is -2.29. The molecule has 3 nitrogen and oxygen atoms in total. The molecule has 2 rings (SSSR count). The third-order valence-electron chi connectivity index (χ3n) is 3.67. The van der Waals surface area contributed by atoms with Gasteiger partial charge in [0.05, 0.1) is 0 Å². The lowest BCUT2D eigenvalue weighted by Crippen LogP contribution is -2.30. The number of amides is 1. The van der Waals surface area contributed by atoms with Gasteiger partial charge in [-0.2, -0.15) is 0 Å². The molecule has 0 spiro atoms. The van der Waals surface area contributed by atoms with Gasteiger partial charge < -0.3 is 10.1 Å². The van der Waals surface area contributed by atoms with Crippen molar-refractivity contribution in [3.8, 4) is 5.75 Å². The quantitative estimate of drug-likeness (QED) is 0.867. The van der Waals surface area contributed by atoms with Crippen LogP contribution in [0.4, 0.5) is 5.69 Å². The van der Waals surface area contributed by atoms with E-state index in [1.165, 1.54) is 0 Å². The highest BCUT2D eigenvalue weighted by Gasteiger charge is 2.17. The molecule has 1 amide bonds. The molecule has 0 aromatic heterocycles. The van der Waals surface area contributed by atoms with Gasteiger partial charge in [0.25, 0.3) is 5.91 Å². The maximum absolute atomic E-state index is 12.4. The molecule has 116 valence electrons. The zero-order chi connectivity index (χ0) is 15.9. The first-order valence-corrected chi connectivity index (χ1v) is 7.79. The van der Waals surface area contributed by atoms with Crippen LogP contribution < -0.4 is 10.1 Å². The van der Waals surface area contributed by atoms with Gasteiger partial charge >= 0.3 is 0 Å². The Morgan fingerprint density at radius 3 is 2.14 bits per heavy atom. The number of aryl methyl sites for hydroxylation is 2. The molecule has 0 aliphatic rings. The van der Waals surface area contributed by atoms with Crippen molar-refractivity contribution in [2.24, 2.45) is 0 Å². The van der Waals surface area contributed by atoms with Gasteiger partial charge in [-0.3, -0.25) is 4.79 Å². The third-order valence-corrected chi connectivity index (χ3v) is 3.67. The summed E-state index contributed by atoms with van der Waals surface area (Å²) in [6, 6.07) is 15.5. The van der Waals surface area contributed by atoms with Crippen molar-refractivity contribution in [3.63, 3.8) is 0 Å². The maximum atomic E-state index is 12.4. The van der Waals surface area contributed by atoms with Crippen molar-refractivity contribution in [2.75, 3.05) is 5.32 Å². The molecule has 0 radical (unpaired) electrons. The van der Waals surface area contributed by atoms with Crippen molar-refractivity contribution in [1.29, 1.82) is 0 Å². The van der Waals surface area contributed by atoms with Gasteiger partial charge in [0, 0.05) is 5.69 Å². The lowest BCUT2D eigenvalue weighted by atomic mass is 10.0. The van der Waals surface area contributed by atoms with Crippen LogP contribution in [-0.4, -0.2) is 12.0 Å². The van der Waals surface area contributed by atoms with Crippen molar-refractivity contribution < 1.29 is 9.53 Å². The van der Waals surface area contributed by atoms with Crippen molar-refractivity contribution >= 4 is 11.6 Å². The summed E-state index contributed by atoms with van der Waals surface area (Å²) < 4.78 is 5.68. The Kier molecular flexibility index (Phi) is 5.59. The Labute approximate surface area is 132 Å². The van der Waals surface area contributed by atoms with Crippen molar-refractivity contribution in [1.82, 2.24) is 0 Å². The number of carbonyl (C=O) groups is 1. The molecular weight excluding hydrogens is 274 g/mol. The van der Waals surface area contributed by atoms with Crippen LogP contribution >= 0.6 is 0 Å². The van der Waals surface area contributed by atoms with Gasteiger partial charge in [0.2, 0.25) is 0 Å². The van der Waals surface area contributed by atoms with Crippen molar-refractivity contribution in [2.45, 2.75) is 39.7 Å². The van der Waals surface area contributed by atoms with Gasteiger partial charge in [0.1, 0.15) is 5.75 Å². The van der Waals surface area contributed by atoms with Crippen LogP contribution in [0.3, 0.4) is 0 Å². The second kappa shape index (κ2) is 7.64. The topological polar surface area (TPSA) is 38.3 Å². The Morgan fingerprint density at radius 1 is 1.00 bits per heavy atom. The summed E-state index contributed by atoms with van der Waals surface area (Å²) in [4.78, 5) is 12.4. The minimum Gasteiger partial charge on any atom is -0.481 e. The number of rotatable bonds is 6. The zero-order valence-corrected chi connectivity index (χ0v) is 13.4. The van der Waals surface area contributed by atoms with E-state index < -0.39 is 6.10 Å². The summed E-state index contributed by atoms with van der Waals surface area (Å²) in [5.74, 6) is 0.573. The zero-order valence-electron chi connectivity index (χ0n) is 13.4. The predicted molar refractivity (Wildman–Crippen MR) is 90.4 cm³/mol. The summed E-state index contributed by atoms with van der Waals surface area (Å²) >= 11 is 0. The fourth-order valence-electron chi connectivity index (χ4n) is 2.38. The molecular formula is C19H23NO2. The highest BCUT2D eigenvalue weighted by molar-refractivity contribution is 5.95. The second-order valence-corrected chi connectivity index (χ2v) is 5.22. The van der Waals surface area contributed by atoms with Crippen LogP contribution in [0.5, 0.6) is 5.75 Å². The third kappa shape index (κ3) is 3.88. The van der Waals surface area contributed by atoms with Crippen LogP contribution in [0.15, 0.2) is 48.5 Å². The highest BCUT2D eigenvalue weighted by Crippen LogP contribution is 2.23. The smallest absolute Gasteiger partial charge is 0.265 e. The molecule has 2 aromatic carbocycles. The van der Waals surface area contributed by atoms with E-state index in [4.69, 9.17) is 4.74 Å². The maximum Gasteiger partial charge on any atom is 0.265 e. The largest absolute Gasteiger partial charge is 0.481 e. The minimum atomic E-state index is -0.544. The molecule has 0 saturated heterocycles. The minimum absolute atomic E-state index is 0.126. The lowest BCUT2D eigenvalue weighted by Gasteiger charge is -2.18. The number of nitrogens with one attached hydrogen (secondary N) is 1. The summed E-state index contributed by atoms with van der Waals surface area (Å²) in [6.45, 7) is 5.95. The highest BCUT2D eigenvalue weighted by atomic mass is 16.5. The molecule has 22 heavy (non-hydrogen) atoms. The van der Waals surface area contributed by atoms with Gasteiger partial charge in [-0.05, 0) is 43.0 Å². The predicted octanol–water partition coefficient (Wildman–Crippen LogP) is 4.22. The fraction of sp³-hybridized carbons (Fsp3) is 0.316. The lowest BCUT2D eigenvalue weighted by molar-refractivity contribution is -0.122. The van der Waals surface area contributed by atoms with E-state index in [2.05, 4.69) is 31.3 Å². The number of hydrogen-bond acceptors (Lipinski definition) is 2. The number of benzene rings is 2. The van der Waals surface area contributed by atoms with Gasteiger partial charge in [-0.1, -0.05) is 50.2 Å². The van der Waals surface area contributed by atoms with Crippen LogP contribution in [0, 0.1) is 0 Å². The van der Waals surface area contributed by atoms with E-state index in [1.807, 2.05) is 36.4 Å². The van der Waals surface area contributed by atoms with Gasteiger partial charge in [-0.15, -0.1) is 0 Å². The molecule has 1 atom stereocenters. The number of anilines is 1. The van der Waals surface area contributed by atoms with Crippen LogP contribution in [0.1, 0.15) is 31.9 Å². The number of para-hydroxylation sites is 2.